The van der Waals surface area contributed by atoms with E-state index in [4.69, 9.17) is 0 Å². The molecule has 5 nitrogen and oxygen atoms in total. The fraction of sp³-hybridized carbons (Fsp3) is 0.238. The molecule has 170 valence electrons. The summed E-state index contributed by atoms with van der Waals surface area (Å²) >= 11 is 0. The molecule has 2 aromatic carbocycles. The summed E-state index contributed by atoms with van der Waals surface area (Å²) < 4.78 is 80.2. The minimum absolute atomic E-state index is 0.0880. The van der Waals surface area contributed by atoms with Crippen molar-refractivity contribution in [2.24, 2.45) is 0 Å². The Morgan fingerprint density at radius 3 is 2.28 bits per heavy atom. The highest BCUT2D eigenvalue weighted by atomic mass is 19.4. The van der Waals surface area contributed by atoms with E-state index >= 15 is 0 Å². The monoisotopic (exact) mass is 456 g/mol. The van der Waals surface area contributed by atoms with Crippen molar-refractivity contribution < 1.29 is 31.1 Å². The number of aromatic nitrogens is 2. The van der Waals surface area contributed by atoms with Crippen LogP contribution in [0.3, 0.4) is 0 Å². The van der Waals surface area contributed by atoms with Crippen LogP contribution < -0.4 is 10.6 Å². The first kappa shape index (κ1) is 23.2. The fourth-order valence-electron chi connectivity index (χ4n) is 2.97. The van der Waals surface area contributed by atoms with Crippen molar-refractivity contribution in [2.75, 3.05) is 18.4 Å². The lowest BCUT2D eigenvalue weighted by molar-refractivity contribution is -0.143. The van der Waals surface area contributed by atoms with Crippen LogP contribution in [0.1, 0.15) is 28.0 Å². The summed E-state index contributed by atoms with van der Waals surface area (Å²) in [4.78, 5) is 12.4. The first-order valence-corrected chi connectivity index (χ1v) is 9.47. The Bertz CT molecular complexity index is 1060. The van der Waals surface area contributed by atoms with Gasteiger partial charge < -0.3 is 10.6 Å². The molecule has 0 saturated heterocycles. The lowest BCUT2D eigenvalue weighted by Crippen LogP contribution is -2.28. The minimum atomic E-state index is -5.02. The van der Waals surface area contributed by atoms with Gasteiger partial charge >= 0.3 is 12.4 Å². The summed E-state index contributed by atoms with van der Waals surface area (Å²) in [5, 5.41) is 9.02. The summed E-state index contributed by atoms with van der Waals surface area (Å²) in [5.74, 6) is -1.02. The second-order valence-corrected chi connectivity index (χ2v) is 6.77. The molecule has 0 aliphatic rings. The van der Waals surface area contributed by atoms with Gasteiger partial charge in [-0.15, -0.1) is 0 Å². The summed E-state index contributed by atoms with van der Waals surface area (Å²) in [6.45, 7) is 0.560. The number of nitrogens with zero attached hydrogens (tertiary/aromatic N) is 2. The van der Waals surface area contributed by atoms with Crippen LogP contribution in [0.15, 0.2) is 60.8 Å². The third-order valence-corrected chi connectivity index (χ3v) is 4.44. The number of hydrogen-bond donors (Lipinski definition) is 2. The highest BCUT2D eigenvalue weighted by molar-refractivity contribution is 5.95. The molecule has 1 heterocycles. The molecule has 0 spiro atoms. The standard InChI is InChI=1S/C21H18F6N4O/c22-20(23,24)14-6-4-9-16(12-14)31-18(21(25,26)27)17(13-30-31)19(32)29-11-5-10-28-15-7-2-1-3-8-15/h1-4,6-9,12-13,28H,5,10-11H2,(H,29,32). The van der Waals surface area contributed by atoms with E-state index in [-0.39, 0.29) is 6.54 Å². The van der Waals surface area contributed by atoms with Crippen molar-refractivity contribution >= 4 is 11.6 Å². The van der Waals surface area contributed by atoms with Gasteiger partial charge in [0.2, 0.25) is 0 Å². The normalized spacial score (nSPS) is 11.9. The molecule has 3 aromatic rings. The largest absolute Gasteiger partial charge is 0.434 e. The van der Waals surface area contributed by atoms with Crippen LogP contribution in [0.5, 0.6) is 0 Å². The molecule has 0 bridgehead atoms. The molecule has 1 amide bonds. The molecule has 11 heteroatoms. The maximum atomic E-state index is 13.7. The van der Waals surface area contributed by atoms with E-state index in [1.807, 2.05) is 30.3 Å². The SMILES string of the molecule is O=C(NCCCNc1ccccc1)c1cnn(-c2cccc(C(F)(F)F)c2)c1C(F)(F)F. The molecule has 1 aromatic heterocycles. The summed E-state index contributed by atoms with van der Waals surface area (Å²) in [6.07, 6.45) is -8.63. The Kier molecular flexibility index (Phi) is 6.75. The van der Waals surface area contributed by atoms with E-state index in [1.54, 1.807) is 0 Å². The molecular formula is C21H18F6N4O. The number of halogens is 6. The number of alkyl halides is 6. The van der Waals surface area contributed by atoms with Crippen molar-refractivity contribution in [3.05, 3.63) is 77.6 Å². The molecule has 0 saturated carbocycles. The second kappa shape index (κ2) is 9.33. The second-order valence-electron chi connectivity index (χ2n) is 6.77. The number of hydrogen-bond acceptors (Lipinski definition) is 3. The van der Waals surface area contributed by atoms with E-state index < -0.39 is 40.8 Å². The number of carbonyl (C=O) groups is 1. The quantitative estimate of drug-likeness (QED) is 0.382. The highest BCUT2D eigenvalue weighted by Crippen LogP contribution is 2.35. The molecule has 2 N–H and O–H groups in total. The zero-order valence-electron chi connectivity index (χ0n) is 16.5. The highest BCUT2D eigenvalue weighted by Gasteiger charge is 2.41. The molecular weight excluding hydrogens is 438 g/mol. The Morgan fingerprint density at radius 2 is 1.62 bits per heavy atom. The van der Waals surface area contributed by atoms with Gasteiger partial charge in [0.25, 0.3) is 5.91 Å². The van der Waals surface area contributed by atoms with E-state index in [2.05, 4.69) is 15.7 Å². The van der Waals surface area contributed by atoms with Gasteiger partial charge in [-0.1, -0.05) is 24.3 Å². The minimum Gasteiger partial charge on any atom is -0.385 e. The maximum Gasteiger partial charge on any atom is 0.434 e. The average Bonchev–Trinajstić information content (AvgIpc) is 3.20. The summed E-state index contributed by atoms with van der Waals surface area (Å²) in [6, 6.07) is 12.5. The molecule has 3 rings (SSSR count). The molecule has 0 unspecified atom stereocenters. The zero-order chi connectivity index (χ0) is 23.4. The van der Waals surface area contributed by atoms with Crippen LogP contribution >= 0.6 is 0 Å². The van der Waals surface area contributed by atoms with Gasteiger partial charge in [-0.3, -0.25) is 4.79 Å². The molecule has 0 aliphatic heterocycles. The van der Waals surface area contributed by atoms with Gasteiger partial charge in [-0.05, 0) is 36.8 Å². The van der Waals surface area contributed by atoms with Crippen molar-refractivity contribution in [2.45, 2.75) is 18.8 Å². The number of para-hydroxylation sites is 1. The average molecular weight is 456 g/mol. The summed E-state index contributed by atoms with van der Waals surface area (Å²) in [7, 11) is 0. The molecule has 0 aliphatic carbocycles. The van der Waals surface area contributed by atoms with Crippen molar-refractivity contribution in [1.29, 1.82) is 0 Å². The van der Waals surface area contributed by atoms with E-state index in [9.17, 15) is 31.1 Å². The van der Waals surface area contributed by atoms with Crippen molar-refractivity contribution in [3.63, 3.8) is 0 Å². The molecule has 0 fully saturated rings. The third kappa shape index (κ3) is 5.59. The van der Waals surface area contributed by atoms with E-state index in [0.717, 1.165) is 23.9 Å². The summed E-state index contributed by atoms with van der Waals surface area (Å²) in [5.41, 5.74) is -2.95. The molecule has 0 radical (unpaired) electrons. The van der Waals surface area contributed by atoms with Gasteiger partial charge in [-0.2, -0.15) is 31.4 Å². The maximum absolute atomic E-state index is 13.7. The lowest BCUT2D eigenvalue weighted by Gasteiger charge is -2.14. The van der Waals surface area contributed by atoms with Crippen molar-refractivity contribution in [1.82, 2.24) is 15.1 Å². The number of anilines is 1. The Hall–Kier alpha value is -3.50. The number of rotatable bonds is 7. The third-order valence-electron chi connectivity index (χ3n) is 4.44. The number of amides is 1. The van der Waals surface area contributed by atoms with Gasteiger partial charge in [0.05, 0.1) is 23.0 Å². The van der Waals surface area contributed by atoms with Gasteiger partial charge in [0.1, 0.15) is 0 Å². The Morgan fingerprint density at radius 1 is 0.906 bits per heavy atom. The van der Waals surface area contributed by atoms with Crippen LogP contribution in [0, 0.1) is 0 Å². The van der Waals surface area contributed by atoms with E-state index in [0.29, 0.717) is 29.9 Å². The smallest absolute Gasteiger partial charge is 0.385 e. The number of benzene rings is 2. The van der Waals surface area contributed by atoms with Crippen LogP contribution in [-0.4, -0.2) is 28.8 Å². The molecule has 0 atom stereocenters. The Balaban J connectivity index is 1.73. The van der Waals surface area contributed by atoms with Gasteiger partial charge in [0, 0.05) is 18.8 Å². The predicted octanol–water partition coefficient (Wildman–Crippen LogP) is 5.14. The predicted molar refractivity (Wildman–Crippen MR) is 105 cm³/mol. The topological polar surface area (TPSA) is 59.0 Å². The van der Waals surface area contributed by atoms with Crippen LogP contribution in [0.25, 0.3) is 5.69 Å². The Labute approximate surface area is 179 Å². The van der Waals surface area contributed by atoms with Crippen molar-refractivity contribution in [3.8, 4) is 5.69 Å². The first-order valence-electron chi connectivity index (χ1n) is 9.47. The van der Waals surface area contributed by atoms with Gasteiger partial charge in [-0.25, -0.2) is 4.68 Å². The number of carbonyl (C=O) groups excluding carboxylic acids is 1. The first-order chi connectivity index (χ1) is 15.1. The van der Waals surface area contributed by atoms with Gasteiger partial charge in [0.15, 0.2) is 5.69 Å². The van der Waals surface area contributed by atoms with Crippen LogP contribution in [0.2, 0.25) is 0 Å². The fourth-order valence-corrected chi connectivity index (χ4v) is 2.97. The van der Waals surface area contributed by atoms with Crippen LogP contribution in [-0.2, 0) is 12.4 Å². The number of nitrogens with one attached hydrogen (secondary N) is 2. The molecule has 32 heavy (non-hydrogen) atoms. The lowest BCUT2D eigenvalue weighted by atomic mass is 10.1. The van der Waals surface area contributed by atoms with E-state index in [1.165, 1.54) is 0 Å². The van der Waals surface area contributed by atoms with Crippen LogP contribution in [0.4, 0.5) is 32.0 Å². The zero-order valence-corrected chi connectivity index (χ0v) is 16.5.